The normalized spacial score (nSPS) is 37.6. The van der Waals surface area contributed by atoms with Crippen molar-refractivity contribution in [3.05, 3.63) is 0 Å². The van der Waals surface area contributed by atoms with Crippen LogP contribution >= 0.6 is 0 Å². The third kappa shape index (κ3) is 2.46. The Hall–Kier alpha value is -0.410. The Balaban J connectivity index is 1.97. The molecule has 2 fully saturated rings. The van der Waals surface area contributed by atoms with Crippen LogP contribution in [0.5, 0.6) is 0 Å². The van der Waals surface area contributed by atoms with Gasteiger partial charge in [0, 0.05) is 38.6 Å². The number of piperidine rings is 1. The molecule has 3 heteroatoms. The summed E-state index contributed by atoms with van der Waals surface area (Å²) in [4.78, 5) is 13.8. The van der Waals surface area contributed by atoms with E-state index in [9.17, 15) is 4.79 Å². The summed E-state index contributed by atoms with van der Waals surface area (Å²) in [6.45, 7) is 4.24. The van der Waals surface area contributed by atoms with Crippen LogP contribution in [0.2, 0.25) is 0 Å². The minimum atomic E-state index is 0.264. The first-order valence-electron chi connectivity index (χ1n) is 6.43. The Morgan fingerprint density at radius 1 is 1.38 bits per heavy atom. The highest BCUT2D eigenvalue weighted by molar-refractivity contribution is 5.79. The summed E-state index contributed by atoms with van der Waals surface area (Å²) in [6, 6.07) is 0. The molecule has 0 radical (unpaired) electrons. The zero-order valence-corrected chi connectivity index (χ0v) is 10.5. The quantitative estimate of drug-likeness (QED) is 0.720. The molecule has 0 amide bonds. The van der Waals surface area contributed by atoms with Crippen LogP contribution in [0.3, 0.4) is 0 Å². The number of ketones is 1. The van der Waals surface area contributed by atoms with Gasteiger partial charge in [-0.25, -0.2) is 0 Å². The maximum atomic E-state index is 11.3. The number of hydrogen-bond acceptors (Lipinski definition) is 3. The van der Waals surface area contributed by atoms with Crippen molar-refractivity contribution in [1.82, 2.24) is 4.90 Å². The molecule has 2 aliphatic rings. The Morgan fingerprint density at radius 3 is 2.69 bits per heavy atom. The second kappa shape index (κ2) is 4.84. The Kier molecular flexibility index (Phi) is 3.65. The fourth-order valence-electron chi connectivity index (χ4n) is 3.19. The predicted molar refractivity (Wildman–Crippen MR) is 63.5 cm³/mol. The van der Waals surface area contributed by atoms with Crippen LogP contribution in [0.1, 0.15) is 45.4 Å². The number of likely N-dealkylation sites (tertiary alicyclic amines) is 1. The number of methoxy groups -OCH3 is 1. The molecule has 2 atom stereocenters. The lowest BCUT2D eigenvalue weighted by molar-refractivity contribution is -0.123. The first-order valence-corrected chi connectivity index (χ1v) is 6.43. The summed E-state index contributed by atoms with van der Waals surface area (Å²) in [6.07, 6.45) is 6.72. The van der Waals surface area contributed by atoms with E-state index in [0.29, 0.717) is 11.9 Å². The number of carbonyl (C=O) groups is 1. The highest BCUT2D eigenvalue weighted by Crippen LogP contribution is 2.35. The summed E-state index contributed by atoms with van der Waals surface area (Å²) >= 11 is 0. The standard InChI is InChI=1S/C13H23NO2/c1-13(7-3-4-12(10-13)16-2)14-8-5-11(15)6-9-14/h12H,3-10H2,1-2H3. The van der Waals surface area contributed by atoms with Crippen LogP contribution in [-0.2, 0) is 9.53 Å². The summed E-state index contributed by atoms with van der Waals surface area (Å²) in [7, 11) is 1.82. The molecule has 1 saturated carbocycles. The Bertz CT molecular complexity index is 257. The van der Waals surface area contributed by atoms with Gasteiger partial charge < -0.3 is 4.74 Å². The van der Waals surface area contributed by atoms with E-state index in [1.165, 1.54) is 19.3 Å². The molecule has 1 aliphatic heterocycles. The molecule has 1 saturated heterocycles. The minimum absolute atomic E-state index is 0.264. The van der Waals surface area contributed by atoms with E-state index in [4.69, 9.17) is 4.74 Å². The van der Waals surface area contributed by atoms with E-state index in [0.717, 1.165) is 32.4 Å². The zero-order chi connectivity index (χ0) is 11.6. The van der Waals surface area contributed by atoms with Crippen molar-refractivity contribution in [2.75, 3.05) is 20.2 Å². The number of carbonyl (C=O) groups excluding carboxylic acids is 1. The zero-order valence-electron chi connectivity index (χ0n) is 10.5. The molecule has 0 aromatic heterocycles. The predicted octanol–water partition coefficient (Wildman–Crippen LogP) is 2.00. The maximum Gasteiger partial charge on any atom is 0.135 e. The SMILES string of the molecule is COC1CCCC(C)(N2CCC(=O)CC2)C1. The van der Waals surface area contributed by atoms with Crippen molar-refractivity contribution < 1.29 is 9.53 Å². The van der Waals surface area contributed by atoms with Crippen molar-refractivity contribution >= 4 is 5.78 Å². The van der Waals surface area contributed by atoms with Crippen LogP contribution in [-0.4, -0.2) is 42.5 Å². The second-order valence-electron chi connectivity index (χ2n) is 5.48. The Labute approximate surface area is 98.1 Å². The third-order valence-electron chi connectivity index (χ3n) is 4.33. The van der Waals surface area contributed by atoms with Crippen LogP contribution < -0.4 is 0 Å². The molecule has 0 aromatic rings. The van der Waals surface area contributed by atoms with Gasteiger partial charge in [0.05, 0.1) is 6.10 Å². The van der Waals surface area contributed by atoms with Gasteiger partial charge in [-0.3, -0.25) is 9.69 Å². The first kappa shape index (κ1) is 12.1. The lowest BCUT2D eigenvalue weighted by Crippen LogP contribution is -2.53. The van der Waals surface area contributed by atoms with Crippen molar-refractivity contribution in [2.24, 2.45) is 0 Å². The molecular formula is C13H23NO2. The molecule has 92 valence electrons. The van der Waals surface area contributed by atoms with Gasteiger partial charge in [-0.15, -0.1) is 0 Å². The molecule has 0 bridgehead atoms. The fourth-order valence-corrected chi connectivity index (χ4v) is 3.19. The summed E-state index contributed by atoms with van der Waals surface area (Å²) in [5.74, 6) is 0.430. The lowest BCUT2D eigenvalue weighted by atomic mass is 9.79. The smallest absolute Gasteiger partial charge is 0.135 e. The molecule has 2 rings (SSSR count). The van der Waals surface area contributed by atoms with Gasteiger partial charge in [0.25, 0.3) is 0 Å². The summed E-state index contributed by atoms with van der Waals surface area (Å²) in [5, 5.41) is 0. The number of Topliss-reactive ketones (excluding diaryl/α,β-unsaturated/α-hetero) is 1. The Morgan fingerprint density at radius 2 is 2.06 bits per heavy atom. The van der Waals surface area contributed by atoms with E-state index >= 15 is 0 Å². The molecule has 2 unspecified atom stereocenters. The first-order chi connectivity index (χ1) is 7.64. The summed E-state index contributed by atoms with van der Waals surface area (Å²) in [5.41, 5.74) is 0.264. The molecule has 3 nitrogen and oxygen atoms in total. The molecule has 0 N–H and O–H groups in total. The monoisotopic (exact) mass is 225 g/mol. The number of rotatable bonds is 2. The van der Waals surface area contributed by atoms with Gasteiger partial charge in [-0.1, -0.05) is 0 Å². The van der Waals surface area contributed by atoms with Crippen molar-refractivity contribution in [1.29, 1.82) is 0 Å². The number of hydrogen-bond donors (Lipinski definition) is 0. The number of ether oxygens (including phenoxy) is 1. The molecule has 1 heterocycles. The van der Waals surface area contributed by atoms with Gasteiger partial charge in [0.15, 0.2) is 0 Å². The fraction of sp³-hybridized carbons (Fsp3) is 0.923. The highest BCUT2D eigenvalue weighted by Gasteiger charge is 2.38. The highest BCUT2D eigenvalue weighted by atomic mass is 16.5. The van der Waals surface area contributed by atoms with E-state index in [-0.39, 0.29) is 5.54 Å². The molecule has 0 aromatic carbocycles. The van der Waals surface area contributed by atoms with E-state index in [2.05, 4.69) is 11.8 Å². The number of nitrogens with zero attached hydrogens (tertiary/aromatic N) is 1. The van der Waals surface area contributed by atoms with Crippen LogP contribution in [0.4, 0.5) is 0 Å². The average Bonchev–Trinajstić information content (AvgIpc) is 2.29. The van der Waals surface area contributed by atoms with Gasteiger partial charge in [0.1, 0.15) is 5.78 Å². The van der Waals surface area contributed by atoms with Gasteiger partial charge in [-0.05, 0) is 32.6 Å². The molecule has 0 spiro atoms. The topological polar surface area (TPSA) is 29.5 Å². The van der Waals surface area contributed by atoms with Crippen molar-refractivity contribution in [2.45, 2.75) is 57.1 Å². The molecular weight excluding hydrogens is 202 g/mol. The molecule has 16 heavy (non-hydrogen) atoms. The van der Waals surface area contributed by atoms with Crippen molar-refractivity contribution in [3.63, 3.8) is 0 Å². The van der Waals surface area contributed by atoms with Crippen molar-refractivity contribution in [3.8, 4) is 0 Å². The maximum absolute atomic E-state index is 11.3. The van der Waals surface area contributed by atoms with E-state index in [1.807, 2.05) is 7.11 Å². The third-order valence-corrected chi connectivity index (χ3v) is 4.33. The van der Waals surface area contributed by atoms with E-state index in [1.54, 1.807) is 0 Å². The minimum Gasteiger partial charge on any atom is -0.381 e. The largest absolute Gasteiger partial charge is 0.381 e. The molecule has 1 aliphatic carbocycles. The lowest BCUT2D eigenvalue weighted by Gasteiger charge is -2.47. The van der Waals surface area contributed by atoms with Gasteiger partial charge in [0.2, 0.25) is 0 Å². The van der Waals surface area contributed by atoms with Crippen LogP contribution in [0, 0.1) is 0 Å². The average molecular weight is 225 g/mol. The van der Waals surface area contributed by atoms with Gasteiger partial charge >= 0.3 is 0 Å². The second-order valence-corrected chi connectivity index (χ2v) is 5.48. The van der Waals surface area contributed by atoms with Gasteiger partial charge in [-0.2, -0.15) is 0 Å². The van der Waals surface area contributed by atoms with Crippen LogP contribution in [0.25, 0.3) is 0 Å². The van der Waals surface area contributed by atoms with E-state index < -0.39 is 0 Å². The summed E-state index contributed by atoms with van der Waals surface area (Å²) < 4.78 is 5.50. The van der Waals surface area contributed by atoms with Crippen LogP contribution in [0.15, 0.2) is 0 Å².